The number of hydrogen-bond acceptors (Lipinski definition) is 4. The van der Waals surface area contributed by atoms with Crippen LogP contribution in [0.2, 0.25) is 0 Å². The Bertz CT molecular complexity index is 285. The zero-order chi connectivity index (χ0) is 16.6. The largest absolute Gasteiger partial charge is 0.481 e. The topological polar surface area (TPSA) is 72.8 Å². The van der Waals surface area contributed by atoms with Crippen LogP contribution >= 0.6 is 0 Å². The van der Waals surface area contributed by atoms with Gasteiger partial charge in [0.2, 0.25) is 0 Å². The van der Waals surface area contributed by atoms with E-state index in [1.54, 1.807) is 0 Å². The Hall–Kier alpha value is -1.10. The second-order valence-electron chi connectivity index (χ2n) is 5.64. The van der Waals surface area contributed by atoms with Crippen LogP contribution in [0, 0.1) is 0 Å². The van der Waals surface area contributed by atoms with Crippen molar-refractivity contribution >= 4 is 11.9 Å². The maximum Gasteiger partial charge on any atom is 0.306 e. The number of aliphatic carboxylic acids is 1. The molecule has 1 saturated heterocycles. The van der Waals surface area contributed by atoms with Gasteiger partial charge in [-0.25, -0.2) is 0 Å². The third-order valence-corrected chi connectivity index (χ3v) is 3.40. The SMILES string of the molecule is CCCCCC(=O)O.CCCCCC(=O)OC1CCCOC1. The van der Waals surface area contributed by atoms with E-state index < -0.39 is 5.97 Å². The molecule has 0 aromatic carbocycles. The summed E-state index contributed by atoms with van der Waals surface area (Å²) in [7, 11) is 0. The summed E-state index contributed by atoms with van der Waals surface area (Å²) < 4.78 is 10.5. The van der Waals surface area contributed by atoms with E-state index in [4.69, 9.17) is 14.6 Å². The van der Waals surface area contributed by atoms with Gasteiger partial charge in [-0.3, -0.25) is 9.59 Å². The van der Waals surface area contributed by atoms with Crippen LogP contribution < -0.4 is 0 Å². The number of hydrogen-bond donors (Lipinski definition) is 1. The van der Waals surface area contributed by atoms with E-state index in [9.17, 15) is 9.59 Å². The molecule has 22 heavy (non-hydrogen) atoms. The number of unbranched alkanes of at least 4 members (excludes halogenated alkanes) is 4. The van der Waals surface area contributed by atoms with Crippen molar-refractivity contribution in [1.82, 2.24) is 0 Å². The fraction of sp³-hybridized carbons (Fsp3) is 0.882. The number of rotatable bonds is 9. The molecule has 1 atom stereocenters. The van der Waals surface area contributed by atoms with Crippen molar-refractivity contribution in [2.24, 2.45) is 0 Å². The Balaban J connectivity index is 0.000000472. The first kappa shape index (κ1) is 20.9. The summed E-state index contributed by atoms with van der Waals surface area (Å²) in [4.78, 5) is 21.2. The average molecular weight is 316 g/mol. The second-order valence-corrected chi connectivity index (χ2v) is 5.64. The van der Waals surface area contributed by atoms with Gasteiger partial charge in [0, 0.05) is 19.4 Å². The first-order valence-electron chi connectivity index (χ1n) is 8.59. The van der Waals surface area contributed by atoms with Crippen molar-refractivity contribution in [3.05, 3.63) is 0 Å². The van der Waals surface area contributed by atoms with Crippen LogP contribution in [0.25, 0.3) is 0 Å². The minimum atomic E-state index is -0.682. The lowest BCUT2D eigenvalue weighted by atomic mass is 10.1. The summed E-state index contributed by atoms with van der Waals surface area (Å²) in [6.45, 7) is 5.57. The minimum absolute atomic E-state index is 0.0119. The molecule has 0 aromatic rings. The molecular formula is C17H32O5. The number of carbonyl (C=O) groups is 2. The zero-order valence-electron chi connectivity index (χ0n) is 14.1. The lowest BCUT2D eigenvalue weighted by Crippen LogP contribution is -2.27. The van der Waals surface area contributed by atoms with Crippen molar-refractivity contribution < 1.29 is 24.2 Å². The molecule has 0 radical (unpaired) electrons. The standard InChI is InChI=1S/C11H20O3.C6H12O2/c1-2-3-4-7-11(12)14-10-6-5-8-13-9-10;1-2-3-4-5-6(7)8/h10H,2-9H2,1H3;2-5H2,1H3,(H,7,8). The van der Waals surface area contributed by atoms with Crippen molar-refractivity contribution in [1.29, 1.82) is 0 Å². The van der Waals surface area contributed by atoms with Gasteiger partial charge in [0.15, 0.2) is 0 Å². The van der Waals surface area contributed by atoms with Crippen LogP contribution in [0.15, 0.2) is 0 Å². The van der Waals surface area contributed by atoms with E-state index in [-0.39, 0.29) is 12.1 Å². The predicted octanol–water partition coefficient (Wildman–Crippen LogP) is 3.94. The molecule has 0 spiro atoms. The maximum absolute atomic E-state index is 11.3. The highest BCUT2D eigenvalue weighted by Gasteiger charge is 2.17. The summed E-state index contributed by atoms with van der Waals surface area (Å²) in [6, 6.07) is 0. The Morgan fingerprint density at radius 2 is 1.73 bits per heavy atom. The van der Waals surface area contributed by atoms with E-state index in [1.807, 2.05) is 0 Å². The Kier molecular flexibility index (Phi) is 14.1. The van der Waals surface area contributed by atoms with Gasteiger partial charge in [0.25, 0.3) is 0 Å². The van der Waals surface area contributed by atoms with Crippen molar-refractivity contribution in [3.8, 4) is 0 Å². The normalized spacial score (nSPS) is 17.3. The first-order chi connectivity index (χ1) is 10.6. The Labute approximate surface area is 134 Å². The molecule has 1 N–H and O–H groups in total. The summed E-state index contributed by atoms with van der Waals surface area (Å²) in [5.74, 6) is -0.743. The van der Waals surface area contributed by atoms with Crippen molar-refractivity contribution in [2.75, 3.05) is 13.2 Å². The molecule has 0 amide bonds. The van der Waals surface area contributed by atoms with E-state index >= 15 is 0 Å². The zero-order valence-corrected chi connectivity index (χ0v) is 14.1. The van der Waals surface area contributed by atoms with Gasteiger partial charge in [-0.15, -0.1) is 0 Å². The molecule has 0 saturated carbocycles. The van der Waals surface area contributed by atoms with E-state index in [1.165, 1.54) is 0 Å². The lowest BCUT2D eigenvalue weighted by Gasteiger charge is -2.22. The van der Waals surface area contributed by atoms with Crippen molar-refractivity contribution in [3.63, 3.8) is 0 Å². The minimum Gasteiger partial charge on any atom is -0.481 e. The van der Waals surface area contributed by atoms with Gasteiger partial charge in [0.05, 0.1) is 6.61 Å². The highest BCUT2D eigenvalue weighted by Crippen LogP contribution is 2.11. The summed E-state index contributed by atoms with van der Waals surface area (Å²) >= 11 is 0. The number of carboxylic acids is 1. The van der Waals surface area contributed by atoms with Gasteiger partial charge in [-0.2, -0.15) is 0 Å². The molecule has 1 rings (SSSR count). The highest BCUT2D eigenvalue weighted by atomic mass is 16.6. The molecule has 1 aliphatic rings. The number of esters is 1. The summed E-state index contributed by atoms with van der Waals surface area (Å²) in [6.07, 6.45) is 9.01. The van der Waals surface area contributed by atoms with Crippen molar-refractivity contribution in [2.45, 2.75) is 84.2 Å². The molecule has 130 valence electrons. The third kappa shape index (κ3) is 13.9. The van der Waals surface area contributed by atoms with Crippen LogP contribution in [-0.2, 0) is 19.1 Å². The van der Waals surface area contributed by atoms with E-state index in [0.717, 1.165) is 58.0 Å². The fourth-order valence-corrected chi connectivity index (χ4v) is 2.09. The first-order valence-corrected chi connectivity index (χ1v) is 8.59. The molecule has 5 nitrogen and oxygen atoms in total. The summed E-state index contributed by atoms with van der Waals surface area (Å²) in [5, 5.41) is 8.14. The van der Waals surface area contributed by atoms with E-state index in [0.29, 0.717) is 19.4 Å². The van der Waals surface area contributed by atoms with Crippen LogP contribution in [0.5, 0.6) is 0 Å². The van der Waals surface area contributed by atoms with Crippen LogP contribution in [0.4, 0.5) is 0 Å². The molecule has 0 bridgehead atoms. The fourth-order valence-electron chi connectivity index (χ4n) is 2.09. The lowest BCUT2D eigenvalue weighted by molar-refractivity contribution is -0.155. The molecule has 0 aliphatic carbocycles. The monoisotopic (exact) mass is 316 g/mol. The molecule has 0 aromatic heterocycles. The van der Waals surface area contributed by atoms with Gasteiger partial charge in [-0.1, -0.05) is 39.5 Å². The van der Waals surface area contributed by atoms with Crippen LogP contribution in [-0.4, -0.2) is 36.4 Å². The number of carboxylic acid groups (broad SMARTS) is 1. The predicted molar refractivity (Wildman–Crippen MR) is 85.9 cm³/mol. The number of ether oxygens (including phenoxy) is 2. The van der Waals surface area contributed by atoms with Crippen LogP contribution in [0.3, 0.4) is 0 Å². The molecule has 1 heterocycles. The molecule has 1 aliphatic heterocycles. The molecule has 5 heteroatoms. The van der Waals surface area contributed by atoms with Gasteiger partial charge >= 0.3 is 11.9 Å². The van der Waals surface area contributed by atoms with Crippen LogP contribution in [0.1, 0.15) is 78.1 Å². The maximum atomic E-state index is 11.3. The molecule has 1 fully saturated rings. The number of carbonyl (C=O) groups excluding carboxylic acids is 1. The van der Waals surface area contributed by atoms with Gasteiger partial charge in [0.1, 0.15) is 6.10 Å². The van der Waals surface area contributed by atoms with E-state index in [2.05, 4.69) is 13.8 Å². The van der Waals surface area contributed by atoms with Gasteiger partial charge < -0.3 is 14.6 Å². The Morgan fingerprint density at radius 3 is 2.23 bits per heavy atom. The van der Waals surface area contributed by atoms with Gasteiger partial charge in [-0.05, 0) is 25.7 Å². The quantitative estimate of drug-likeness (QED) is 0.515. The average Bonchev–Trinajstić information content (AvgIpc) is 2.49. The summed E-state index contributed by atoms with van der Waals surface area (Å²) in [5.41, 5.74) is 0. The highest BCUT2D eigenvalue weighted by molar-refractivity contribution is 5.69. The second kappa shape index (κ2) is 14.8. The smallest absolute Gasteiger partial charge is 0.306 e. The molecule has 1 unspecified atom stereocenters. The third-order valence-electron chi connectivity index (χ3n) is 3.40. The molecular weight excluding hydrogens is 284 g/mol. The Morgan fingerprint density at radius 1 is 1.09 bits per heavy atom.